The molecule has 0 saturated heterocycles. The van der Waals surface area contributed by atoms with Crippen LogP contribution in [0.25, 0.3) is 0 Å². The fourth-order valence-corrected chi connectivity index (χ4v) is 2.62. The lowest BCUT2D eigenvalue weighted by atomic mass is 9.99. The van der Waals surface area contributed by atoms with E-state index in [0.29, 0.717) is 6.54 Å². The van der Waals surface area contributed by atoms with Crippen molar-refractivity contribution in [2.45, 2.75) is 73.1 Å². The molecule has 0 bridgehead atoms. The normalized spacial score (nSPS) is 12.8. The number of nitrogens with one attached hydrogen (secondary N) is 2. The van der Waals surface area contributed by atoms with E-state index in [2.05, 4.69) is 50.5 Å². The summed E-state index contributed by atoms with van der Waals surface area (Å²) in [5.41, 5.74) is 4.79. The van der Waals surface area contributed by atoms with E-state index < -0.39 is 5.60 Å². The van der Waals surface area contributed by atoms with Gasteiger partial charge in [-0.05, 0) is 64.7 Å². The van der Waals surface area contributed by atoms with Gasteiger partial charge < -0.3 is 15.4 Å². The third-order valence-corrected chi connectivity index (χ3v) is 3.79. The quantitative estimate of drug-likeness (QED) is 0.833. The number of aryl methyl sites for hydroxylation is 3. The highest BCUT2D eigenvalue weighted by Gasteiger charge is 2.17. The first-order valence-corrected chi connectivity index (χ1v) is 8.39. The minimum Gasteiger partial charge on any atom is -0.444 e. The number of carbonyl (C=O) groups is 1. The molecule has 0 fully saturated rings. The predicted molar refractivity (Wildman–Crippen MR) is 95.8 cm³/mol. The molecule has 0 aliphatic heterocycles. The van der Waals surface area contributed by atoms with Crippen molar-refractivity contribution < 1.29 is 9.53 Å². The molecule has 0 aliphatic rings. The summed E-state index contributed by atoms with van der Waals surface area (Å²) in [5, 5.41) is 6.38. The second kappa shape index (κ2) is 8.34. The minimum atomic E-state index is -0.463. The Morgan fingerprint density at radius 3 is 2.22 bits per heavy atom. The van der Waals surface area contributed by atoms with E-state index >= 15 is 0 Å². The number of rotatable bonds is 6. The predicted octanol–water partition coefficient (Wildman–Crippen LogP) is 4.00. The summed E-state index contributed by atoms with van der Waals surface area (Å²) >= 11 is 0. The van der Waals surface area contributed by atoms with Crippen molar-refractivity contribution in [1.82, 2.24) is 10.6 Å². The minimum absolute atomic E-state index is 0.225. The van der Waals surface area contributed by atoms with Gasteiger partial charge in [0.05, 0.1) is 0 Å². The summed E-state index contributed by atoms with van der Waals surface area (Å²) in [5.74, 6) is 0. The van der Waals surface area contributed by atoms with Gasteiger partial charge in [-0.25, -0.2) is 4.79 Å². The average Bonchev–Trinajstić information content (AvgIpc) is 2.38. The first kappa shape index (κ1) is 19.5. The molecule has 0 heterocycles. The number of amides is 1. The molecular formula is C19H32N2O2. The summed E-state index contributed by atoms with van der Waals surface area (Å²) in [6, 6.07) is 4.65. The van der Waals surface area contributed by atoms with E-state index in [0.717, 1.165) is 13.0 Å². The van der Waals surface area contributed by atoms with Gasteiger partial charge in [0, 0.05) is 19.1 Å². The molecule has 2 N–H and O–H groups in total. The molecule has 0 aromatic heterocycles. The van der Waals surface area contributed by atoms with Gasteiger partial charge in [-0.1, -0.05) is 24.6 Å². The van der Waals surface area contributed by atoms with Crippen molar-refractivity contribution >= 4 is 6.09 Å². The Balaban J connectivity index is 2.53. The third-order valence-electron chi connectivity index (χ3n) is 3.79. The standard InChI is InChI=1S/C19H32N2O2/c1-8-16(11-21-18(22)23-19(5,6)7)20-12-17-14(3)9-13(2)10-15(17)4/h9-10,16,20H,8,11-12H2,1-7H3,(H,21,22). The molecule has 23 heavy (non-hydrogen) atoms. The molecule has 1 amide bonds. The zero-order chi connectivity index (χ0) is 17.6. The molecular weight excluding hydrogens is 288 g/mol. The monoisotopic (exact) mass is 320 g/mol. The van der Waals surface area contributed by atoms with Gasteiger partial charge in [-0.15, -0.1) is 0 Å². The Morgan fingerprint density at radius 1 is 1.17 bits per heavy atom. The second-order valence-electron chi connectivity index (χ2n) is 7.25. The SMILES string of the molecule is CCC(CNC(=O)OC(C)(C)C)NCc1c(C)cc(C)cc1C. The first-order valence-electron chi connectivity index (χ1n) is 8.39. The van der Waals surface area contributed by atoms with Crippen molar-refractivity contribution in [3.8, 4) is 0 Å². The van der Waals surface area contributed by atoms with Gasteiger partial charge in [0.2, 0.25) is 0 Å². The Bertz CT molecular complexity index is 510. The largest absolute Gasteiger partial charge is 0.444 e. The molecule has 1 aromatic rings. The molecule has 0 aliphatic carbocycles. The number of benzene rings is 1. The van der Waals surface area contributed by atoms with Gasteiger partial charge in [0.25, 0.3) is 0 Å². The maximum Gasteiger partial charge on any atom is 0.407 e. The molecule has 4 heteroatoms. The van der Waals surface area contributed by atoms with Gasteiger partial charge in [-0.2, -0.15) is 0 Å². The van der Waals surface area contributed by atoms with Crippen molar-refractivity contribution in [1.29, 1.82) is 0 Å². The zero-order valence-electron chi connectivity index (χ0n) is 15.7. The van der Waals surface area contributed by atoms with Gasteiger partial charge in [-0.3, -0.25) is 0 Å². The van der Waals surface area contributed by atoms with Crippen LogP contribution in [-0.4, -0.2) is 24.3 Å². The summed E-state index contributed by atoms with van der Waals surface area (Å²) < 4.78 is 5.27. The number of ether oxygens (including phenoxy) is 1. The molecule has 1 rings (SSSR count). The van der Waals surface area contributed by atoms with Crippen LogP contribution in [0.15, 0.2) is 12.1 Å². The molecule has 1 aromatic carbocycles. The van der Waals surface area contributed by atoms with Crippen LogP contribution in [0.2, 0.25) is 0 Å². The highest BCUT2D eigenvalue weighted by molar-refractivity contribution is 5.67. The van der Waals surface area contributed by atoms with E-state index in [9.17, 15) is 4.79 Å². The van der Waals surface area contributed by atoms with Gasteiger partial charge in [0.1, 0.15) is 5.60 Å². The molecule has 4 nitrogen and oxygen atoms in total. The lowest BCUT2D eigenvalue weighted by Gasteiger charge is -2.22. The molecule has 130 valence electrons. The van der Waals surface area contributed by atoms with Crippen LogP contribution in [0.5, 0.6) is 0 Å². The Kier molecular flexibility index (Phi) is 7.07. The summed E-state index contributed by atoms with van der Waals surface area (Å²) in [7, 11) is 0. The maximum absolute atomic E-state index is 11.7. The number of alkyl carbamates (subject to hydrolysis) is 1. The van der Waals surface area contributed by atoms with Crippen LogP contribution in [0.3, 0.4) is 0 Å². The average molecular weight is 320 g/mol. The van der Waals surface area contributed by atoms with Crippen molar-refractivity contribution in [2.75, 3.05) is 6.54 Å². The van der Waals surface area contributed by atoms with Gasteiger partial charge >= 0.3 is 6.09 Å². The van der Waals surface area contributed by atoms with Crippen LogP contribution in [0, 0.1) is 20.8 Å². The molecule has 0 spiro atoms. The smallest absolute Gasteiger partial charge is 0.407 e. The van der Waals surface area contributed by atoms with Crippen LogP contribution < -0.4 is 10.6 Å². The van der Waals surface area contributed by atoms with E-state index in [1.54, 1.807) is 0 Å². The lowest BCUT2D eigenvalue weighted by Crippen LogP contribution is -2.42. The van der Waals surface area contributed by atoms with E-state index in [1.165, 1.54) is 22.3 Å². The maximum atomic E-state index is 11.7. The Labute approximate surface area is 141 Å². The van der Waals surface area contributed by atoms with E-state index in [-0.39, 0.29) is 12.1 Å². The summed E-state index contributed by atoms with van der Waals surface area (Å²) in [4.78, 5) is 11.7. The fraction of sp³-hybridized carbons (Fsp3) is 0.632. The van der Waals surface area contributed by atoms with Crippen molar-refractivity contribution in [3.05, 3.63) is 34.4 Å². The topological polar surface area (TPSA) is 50.4 Å². The van der Waals surface area contributed by atoms with E-state index in [1.807, 2.05) is 20.8 Å². The van der Waals surface area contributed by atoms with Crippen LogP contribution in [0.4, 0.5) is 4.79 Å². The zero-order valence-corrected chi connectivity index (χ0v) is 15.7. The molecule has 0 saturated carbocycles. The number of hydrogen-bond acceptors (Lipinski definition) is 3. The number of carbonyl (C=O) groups excluding carboxylic acids is 1. The van der Waals surface area contributed by atoms with Crippen LogP contribution in [0.1, 0.15) is 56.4 Å². The molecule has 1 unspecified atom stereocenters. The van der Waals surface area contributed by atoms with Crippen LogP contribution in [-0.2, 0) is 11.3 Å². The first-order chi connectivity index (χ1) is 10.6. The molecule has 1 atom stereocenters. The highest BCUT2D eigenvalue weighted by atomic mass is 16.6. The Morgan fingerprint density at radius 2 is 1.74 bits per heavy atom. The second-order valence-corrected chi connectivity index (χ2v) is 7.25. The fourth-order valence-electron chi connectivity index (χ4n) is 2.62. The highest BCUT2D eigenvalue weighted by Crippen LogP contribution is 2.16. The molecule has 0 radical (unpaired) electrons. The number of hydrogen-bond donors (Lipinski definition) is 2. The van der Waals surface area contributed by atoms with E-state index in [4.69, 9.17) is 4.74 Å². The van der Waals surface area contributed by atoms with Crippen molar-refractivity contribution in [3.63, 3.8) is 0 Å². The van der Waals surface area contributed by atoms with Gasteiger partial charge in [0.15, 0.2) is 0 Å². The lowest BCUT2D eigenvalue weighted by molar-refractivity contribution is 0.0522. The Hall–Kier alpha value is -1.55. The van der Waals surface area contributed by atoms with Crippen LogP contribution >= 0.6 is 0 Å². The summed E-state index contributed by atoms with van der Waals surface area (Å²) in [6.45, 7) is 15.5. The third kappa shape index (κ3) is 7.04. The van der Waals surface area contributed by atoms with Crippen molar-refractivity contribution in [2.24, 2.45) is 0 Å². The summed E-state index contributed by atoms with van der Waals surface area (Å²) in [6.07, 6.45) is 0.584.